The molecule has 2 rings (SSSR count). The van der Waals surface area contributed by atoms with Crippen LogP contribution in [0.15, 0.2) is 30.3 Å². The van der Waals surface area contributed by atoms with Crippen molar-refractivity contribution in [1.29, 1.82) is 0 Å². The van der Waals surface area contributed by atoms with Gasteiger partial charge in [-0.15, -0.1) is 0 Å². The summed E-state index contributed by atoms with van der Waals surface area (Å²) in [6, 6.07) is 9.45. The number of alkyl carbamates (subject to hydrolysis) is 1. The third-order valence-electron chi connectivity index (χ3n) is 4.68. The van der Waals surface area contributed by atoms with Crippen molar-refractivity contribution in [2.75, 3.05) is 19.8 Å². The average molecular weight is 413 g/mol. The summed E-state index contributed by atoms with van der Waals surface area (Å²) in [5.41, 5.74) is 0.932. The molecule has 0 aromatic heterocycles. The van der Waals surface area contributed by atoms with Crippen LogP contribution in [-0.4, -0.2) is 77.0 Å². The van der Waals surface area contributed by atoms with Crippen molar-refractivity contribution in [3.63, 3.8) is 0 Å². The molecule has 0 saturated carbocycles. The van der Waals surface area contributed by atoms with E-state index in [-0.39, 0.29) is 6.61 Å². The Morgan fingerprint density at radius 2 is 1.72 bits per heavy atom. The van der Waals surface area contributed by atoms with Gasteiger partial charge in [-0.1, -0.05) is 43.2 Å². The highest BCUT2D eigenvalue weighted by molar-refractivity contribution is 5.67. The number of amides is 1. The maximum absolute atomic E-state index is 11.6. The average Bonchev–Trinajstić information content (AvgIpc) is 2.74. The summed E-state index contributed by atoms with van der Waals surface area (Å²) >= 11 is 0. The van der Waals surface area contributed by atoms with Gasteiger partial charge in [-0.05, 0) is 18.4 Å². The molecule has 5 unspecified atom stereocenters. The number of hydrogen-bond donors (Lipinski definition) is 5. The lowest BCUT2D eigenvalue weighted by Crippen LogP contribution is -2.59. The van der Waals surface area contributed by atoms with Gasteiger partial charge in [-0.3, -0.25) is 0 Å². The maximum atomic E-state index is 11.6. The van der Waals surface area contributed by atoms with Crippen LogP contribution in [0.3, 0.4) is 0 Å². The topological polar surface area (TPSA) is 138 Å². The predicted octanol–water partition coefficient (Wildman–Crippen LogP) is 0.290. The molecule has 1 aromatic carbocycles. The molecule has 0 bridgehead atoms. The lowest BCUT2D eigenvalue weighted by atomic mass is 9.99. The molecule has 5 atom stereocenters. The van der Waals surface area contributed by atoms with Gasteiger partial charge in [0.1, 0.15) is 31.0 Å². The first kappa shape index (κ1) is 23.5. The molecule has 0 aliphatic carbocycles. The van der Waals surface area contributed by atoms with Crippen molar-refractivity contribution < 1.29 is 39.4 Å². The number of rotatable bonds is 11. The summed E-state index contributed by atoms with van der Waals surface area (Å²) in [7, 11) is 0. The van der Waals surface area contributed by atoms with Crippen molar-refractivity contribution >= 4 is 6.09 Å². The van der Waals surface area contributed by atoms with Crippen LogP contribution in [0.1, 0.15) is 31.2 Å². The maximum Gasteiger partial charge on any atom is 0.407 e. The van der Waals surface area contributed by atoms with E-state index in [1.54, 1.807) is 0 Å². The zero-order valence-electron chi connectivity index (χ0n) is 16.4. The highest BCUT2D eigenvalue weighted by atomic mass is 16.7. The summed E-state index contributed by atoms with van der Waals surface area (Å²) in [6.07, 6.45) is -3.49. The van der Waals surface area contributed by atoms with Crippen molar-refractivity contribution in [3.8, 4) is 0 Å². The monoisotopic (exact) mass is 413 g/mol. The van der Waals surface area contributed by atoms with Crippen LogP contribution in [0.4, 0.5) is 4.79 Å². The third-order valence-corrected chi connectivity index (χ3v) is 4.68. The lowest BCUT2D eigenvalue weighted by molar-refractivity contribution is -0.301. The molecular weight excluding hydrogens is 382 g/mol. The van der Waals surface area contributed by atoms with E-state index in [1.165, 1.54) is 0 Å². The van der Waals surface area contributed by atoms with Crippen molar-refractivity contribution in [3.05, 3.63) is 35.9 Å². The lowest BCUT2D eigenvalue weighted by Gasteiger charge is -2.39. The fourth-order valence-corrected chi connectivity index (χ4v) is 2.95. The van der Waals surface area contributed by atoms with Gasteiger partial charge >= 0.3 is 6.09 Å². The third kappa shape index (κ3) is 7.88. The summed E-state index contributed by atoms with van der Waals surface area (Å²) in [5.74, 6) is 0. The minimum atomic E-state index is -1.43. The Labute approximate surface area is 170 Å². The Morgan fingerprint density at radius 3 is 2.45 bits per heavy atom. The number of unbranched alkanes of at least 4 members (excludes halogenated alkanes) is 3. The SMILES string of the molecule is O=C(NCCCCCCOC1OC(CO)C(O)C(O)C1O)OCc1ccccc1. The van der Waals surface area contributed by atoms with E-state index in [0.29, 0.717) is 19.6 Å². The van der Waals surface area contributed by atoms with Crippen LogP contribution in [-0.2, 0) is 20.8 Å². The second-order valence-electron chi connectivity index (χ2n) is 6.97. The van der Waals surface area contributed by atoms with Gasteiger partial charge in [0.25, 0.3) is 0 Å². The molecule has 9 heteroatoms. The van der Waals surface area contributed by atoms with E-state index in [1.807, 2.05) is 30.3 Å². The number of nitrogens with one attached hydrogen (secondary N) is 1. The van der Waals surface area contributed by atoms with E-state index < -0.39 is 43.4 Å². The highest BCUT2D eigenvalue weighted by Crippen LogP contribution is 2.22. The molecule has 1 fully saturated rings. The van der Waals surface area contributed by atoms with Crippen LogP contribution in [0, 0.1) is 0 Å². The Balaban J connectivity index is 1.48. The standard InChI is InChI=1S/C20H31NO8/c22-12-15-16(23)17(24)18(25)19(29-15)27-11-7-2-1-6-10-21-20(26)28-13-14-8-4-3-5-9-14/h3-5,8-9,15-19,22-25H,1-2,6-7,10-13H2,(H,21,26). The first-order valence-electron chi connectivity index (χ1n) is 9.89. The summed E-state index contributed by atoms with van der Waals surface area (Å²) < 4.78 is 15.8. The fraction of sp³-hybridized carbons (Fsp3) is 0.650. The second-order valence-corrected chi connectivity index (χ2v) is 6.97. The van der Waals surface area contributed by atoms with Crippen LogP contribution in [0.5, 0.6) is 0 Å². The largest absolute Gasteiger partial charge is 0.445 e. The molecule has 1 saturated heterocycles. The van der Waals surface area contributed by atoms with Gasteiger partial charge in [-0.2, -0.15) is 0 Å². The highest BCUT2D eigenvalue weighted by Gasteiger charge is 2.43. The van der Waals surface area contributed by atoms with E-state index >= 15 is 0 Å². The molecule has 1 heterocycles. The Bertz CT molecular complexity index is 585. The zero-order valence-corrected chi connectivity index (χ0v) is 16.4. The van der Waals surface area contributed by atoms with Crippen LogP contribution in [0.2, 0.25) is 0 Å². The molecule has 29 heavy (non-hydrogen) atoms. The molecule has 164 valence electrons. The van der Waals surface area contributed by atoms with E-state index in [0.717, 1.165) is 24.8 Å². The number of carbonyl (C=O) groups is 1. The fourth-order valence-electron chi connectivity index (χ4n) is 2.95. The van der Waals surface area contributed by atoms with Gasteiger partial charge in [0.15, 0.2) is 6.29 Å². The van der Waals surface area contributed by atoms with Crippen molar-refractivity contribution in [2.45, 2.75) is 63.0 Å². The minimum Gasteiger partial charge on any atom is -0.445 e. The van der Waals surface area contributed by atoms with Crippen molar-refractivity contribution in [1.82, 2.24) is 5.32 Å². The number of hydrogen-bond acceptors (Lipinski definition) is 8. The summed E-state index contributed by atoms with van der Waals surface area (Å²) in [4.78, 5) is 11.6. The number of aliphatic hydroxyl groups is 4. The number of aliphatic hydroxyl groups excluding tert-OH is 4. The Hall–Kier alpha value is -1.75. The van der Waals surface area contributed by atoms with E-state index in [4.69, 9.17) is 19.3 Å². The number of carbonyl (C=O) groups excluding carboxylic acids is 1. The molecule has 1 amide bonds. The zero-order chi connectivity index (χ0) is 21.1. The Kier molecular flexibility index (Phi) is 10.3. The molecule has 1 aromatic rings. The molecule has 1 aliphatic heterocycles. The van der Waals surface area contributed by atoms with Crippen LogP contribution >= 0.6 is 0 Å². The second kappa shape index (κ2) is 12.7. The van der Waals surface area contributed by atoms with Gasteiger partial charge in [0, 0.05) is 13.2 Å². The van der Waals surface area contributed by atoms with Gasteiger partial charge in [0.05, 0.1) is 6.61 Å². The van der Waals surface area contributed by atoms with E-state index in [9.17, 15) is 20.1 Å². The summed E-state index contributed by atoms with van der Waals surface area (Å²) in [5, 5.41) is 41.1. The Morgan fingerprint density at radius 1 is 1.00 bits per heavy atom. The van der Waals surface area contributed by atoms with E-state index in [2.05, 4.69) is 5.32 Å². The van der Waals surface area contributed by atoms with Crippen LogP contribution < -0.4 is 5.32 Å². The summed E-state index contributed by atoms with van der Waals surface area (Å²) in [6.45, 7) is 0.573. The number of ether oxygens (including phenoxy) is 3. The molecule has 9 nitrogen and oxygen atoms in total. The van der Waals surface area contributed by atoms with Crippen molar-refractivity contribution in [2.24, 2.45) is 0 Å². The van der Waals surface area contributed by atoms with Gasteiger partial charge in [-0.25, -0.2) is 4.79 Å². The quantitative estimate of drug-likeness (QED) is 0.327. The van der Waals surface area contributed by atoms with Gasteiger partial charge < -0.3 is 40.0 Å². The molecule has 1 aliphatic rings. The molecule has 0 spiro atoms. The first-order valence-corrected chi connectivity index (χ1v) is 9.89. The molecular formula is C20H31NO8. The molecule has 5 N–H and O–H groups in total. The number of benzene rings is 1. The smallest absolute Gasteiger partial charge is 0.407 e. The normalized spacial score (nSPS) is 26.8. The minimum absolute atomic E-state index is 0.238. The van der Waals surface area contributed by atoms with Gasteiger partial charge in [0.2, 0.25) is 0 Å². The molecule has 0 radical (unpaired) electrons. The first-order chi connectivity index (χ1) is 14.0. The van der Waals surface area contributed by atoms with Crippen LogP contribution in [0.25, 0.3) is 0 Å². The predicted molar refractivity (Wildman–Crippen MR) is 103 cm³/mol.